The van der Waals surface area contributed by atoms with E-state index in [0.717, 1.165) is 29.7 Å². The highest BCUT2D eigenvalue weighted by atomic mass is 32.1. The van der Waals surface area contributed by atoms with E-state index in [1.807, 2.05) is 18.4 Å². The molecule has 2 amide bonds. The molecule has 3 atom stereocenters. The third-order valence-corrected chi connectivity index (χ3v) is 6.35. The number of nitrogens with zero attached hydrogens (tertiary/aromatic N) is 2. The molecule has 2 saturated heterocycles. The lowest BCUT2D eigenvalue weighted by Crippen LogP contribution is -2.39. The van der Waals surface area contributed by atoms with Crippen LogP contribution >= 0.6 is 11.3 Å². The van der Waals surface area contributed by atoms with Gasteiger partial charge in [0.15, 0.2) is 0 Å². The molecular formula is C18H21N3O3S. The summed E-state index contributed by atoms with van der Waals surface area (Å²) in [6, 6.07) is 4.25. The second kappa shape index (κ2) is 6.63. The molecule has 25 heavy (non-hydrogen) atoms. The Morgan fingerprint density at radius 2 is 2.28 bits per heavy atom. The molecule has 0 aliphatic carbocycles. The molecule has 2 aliphatic rings. The SMILES string of the molecule is Cc1ccsc1C(=O)N1[C@@H]2CC[C@H]1[C@H](CNC(=O)Cc1ccon1)C2. The lowest BCUT2D eigenvalue weighted by atomic mass is 9.89. The number of nitrogens with one attached hydrogen (secondary N) is 1. The summed E-state index contributed by atoms with van der Waals surface area (Å²) in [6.45, 7) is 2.61. The van der Waals surface area contributed by atoms with Gasteiger partial charge in [0.2, 0.25) is 5.91 Å². The molecule has 0 radical (unpaired) electrons. The van der Waals surface area contributed by atoms with Crippen molar-refractivity contribution in [1.82, 2.24) is 15.4 Å². The Bertz CT molecular complexity index is 770. The molecule has 6 nitrogen and oxygen atoms in total. The summed E-state index contributed by atoms with van der Waals surface area (Å²) in [6.07, 6.45) is 4.78. The van der Waals surface area contributed by atoms with Crippen LogP contribution in [0.4, 0.5) is 0 Å². The summed E-state index contributed by atoms with van der Waals surface area (Å²) in [5, 5.41) is 8.73. The van der Waals surface area contributed by atoms with Gasteiger partial charge in [-0.3, -0.25) is 9.59 Å². The zero-order valence-corrected chi connectivity index (χ0v) is 14.9. The summed E-state index contributed by atoms with van der Waals surface area (Å²) in [5.41, 5.74) is 1.69. The second-order valence-corrected chi connectivity index (χ2v) is 7.83. The molecule has 2 aromatic rings. The number of carbonyl (C=O) groups is 2. The molecular weight excluding hydrogens is 338 g/mol. The molecule has 132 valence electrons. The minimum Gasteiger partial charge on any atom is -0.364 e. The quantitative estimate of drug-likeness (QED) is 0.889. The fourth-order valence-electron chi connectivity index (χ4n) is 4.16. The van der Waals surface area contributed by atoms with Crippen molar-refractivity contribution < 1.29 is 14.1 Å². The highest BCUT2D eigenvalue weighted by molar-refractivity contribution is 7.12. The standard InChI is InChI=1S/C18H21N3O3S/c1-11-5-7-25-17(11)18(23)21-14-2-3-15(21)12(8-14)10-19-16(22)9-13-4-6-24-20-13/h4-7,12,14-15H,2-3,8-10H2,1H3,(H,19,22)/t12-,14+,15-/m0/s1. The first-order chi connectivity index (χ1) is 12.1. The van der Waals surface area contributed by atoms with Crippen LogP contribution in [0.3, 0.4) is 0 Å². The summed E-state index contributed by atoms with van der Waals surface area (Å²) >= 11 is 1.52. The second-order valence-electron chi connectivity index (χ2n) is 6.91. The molecule has 2 bridgehead atoms. The van der Waals surface area contributed by atoms with Crippen LogP contribution in [-0.4, -0.2) is 40.5 Å². The number of hydrogen-bond acceptors (Lipinski definition) is 5. The van der Waals surface area contributed by atoms with Crippen molar-refractivity contribution in [1.29, 1.82) is 0 Å². The zero-order chi connectivity index (χ0) is 17.4. The maximum atomic E-state index is 12.9. The van der Waals surface area contributed by atoms with Gasteiger partial charge in [0.25, 0.3) is 5.91 Å². The van der Waals surface area contributed by atoms with Crippen LogP contribution in [0.1, 0.15) is 40.2 Å². The van der Waals surface area contributed by atoms with E-state index in [2.05, 4.69) is 15.4 Å². The maximum absolute atomic E-state index is 12.9. The predicted molar refractivity (Wildman–Crippen MR) is 93.4 cm³/mol. The first-order valence-corrected chi connectivity index (χ1v) is 9.54. The van der Waals surface area contributed by atoms with E-state index in [1.165, 1.54) is 17.6 Å². The Balaban J connectivity index is 1.36. The van der Waals surface area contributed by atoms with Gasteiger partial charge < -0.3 is 14.7 Å². The van der Waals surface area contributed by atoms with Crippen molar-refractivity contribution in [2.24, 2.45) is 5.92 Å². The van der Waals surface area contributed by atoms with Crippen molar-refractivity contribution in [2.45, 2.75) is 44.7 Å². The third-order valence-electron chi connectivity index (χ3n) is 5.35. The number of rotatable bonds is 5. The van der Waals surface area contributed by atoms with Gasteiger partial charge in [-0.25, -0.2) is 0 Å². The van der Waals surface area contributed by atoms with Crippen molar-refractivity contribution in [3.05, 3.63) is 39.9 Å². The van der Waals surface area contributed by atoms with Crippen LogP contribution in [-0.2, 0) is 11.2 Å². The Morgan fingerprint density at radius 3 is 3.00 bits per heavy atom. The van der Waals surface area contributed by atoms with Gasteiger partial charge in [0, 0.05) is 24.7 Å². The summed E-state index contributed by atoms with van der Waals surface area (Å²) < 4.78 is 4.75. The number of aryl methyl sites for hydroxylation is 1. The zero-order valence-electron chi connectivity index (χ0n) is 14.1. The number of carbonyl (C=O) groups excluding carboxylic acids is 2. The predicted octanol–water partition coefficient (Wildman–Crippen LogP) is 2.40. The number of fused-ring (bicyclic) bond motifs is 2. The molecule has 0 spiro atoms. The monoisotopic (exact) mass is 359 g/mol. The highest BCUT2D eigenvalue weighted by Gasteiger charge is 2.48. The van der Waals surface area contributed by atoms with E-state index in [0.29, 0.717) is 24.2 Å². The van der Waals surface area contributed by atoms with E-state index < -0.39 is 0 Å². The van der Waals surface area contributed by atoms with Gasteiger partial charge in [-0.2, -0.15) is 0 Å². The van der Waals surface area contributed by atoms with Crippen LogP contribution in [0.2, 0.25) is 0 Å². The largest absolute Gasteiger partial charge is 0.364 e. The van der Waals surface area contributed by atoms with Gasteiger partial charge in [-0.1, -0.05) is 5.16 Å². The van der Waals surface area contributed by atoms with E-state index >= 15 is 0 Å². The molecule has 2 fully saturated rings. The first kappa shape index (κ1) is 16.3. The minimum absolute atomic E-state index is 0.0522. The highest BCUT2D eigenvalue weighted by Crippen LogP contribution is 2.42. The lowest BCUT2D eigenvalue weighted by Gasteiger charge is -2.24. The number of amides is 2. The number of thiophene rings is 1. The molecule has 2 aliphatic heterocycles. The Hall–Kier alpha value is -2.15. The van der Waals surface area contributed by atoms with Crippen LogP contribution in [0, 0.1) is 12.8 Å². The van der Waals surface area contributed by atoms with Crippen molar-refractivity contribution >= 4 is 23.2 Å². The molecule has 0 aromatic carbocycles. The molecule has 4 rings (SSSR count). The lowest BCUT2D eigenvalue weighted by molar-refractivity contribution is -0.120. The average Bonchev–Trinajstić information content (AvgIpc) is 3.36. The summed E-state index contributed by atoms with van der Waals surface area (Å²) in [5.74, 6) is 0.448. The Labute approximate surface area is 150 Å². The van der Waals surface area contributed by atoms with Crippen molar-refractivity contribution in [3.8, 4) is 0 Å². The smallest absolute Gasteiger partial charge is 0.264 e. The van der Waals surface area contributed by atoms with Gasteiger partial charge in [0.05, 0.1) is 17.0 Å². The van der Waals surface area contributed by atoms with Crippen LogP contribution in [0.5, 0.6) is 0 Å². The van der Waals surface area contributed by atoms with E-state index in [-0.39, 0.29) is 24.3 Å². The van der Waals surface area contributed by atoms with Crippen LogP contribution in [0.15, 0.2) is 28.3 Å². The van der Waals surface area contributed by atoms with E-state index in [1.54, 1.807) is 6.07 Å². The van der Waals surface area contributed by atoms with Crippen LogP contribution in [0.25, 0.3) is 0 Å². The molecule has 0 saturated carbocycles. The third kappa shape index (κ3) is 3.08. The molecule has 4 heterocycles. The summed E-state index contributed by atoms with van der Waals surface area (Å²) in [7, 11) is 0. The van der Waals surface area contributed by atoms with Gasteiger partial charge in [0.1, 0.15) is 6.26 Å². The Morgan fingerprint density at radius 1 is 1.40 bits per heavy atom. The van der Waals surface area contributed by atoms with Crippen molar-refractivity contribution in [2.75, 3.05) is 6.54 Å². The average molecular weight is 359 g/mol. The topological polar surface area (TPSA) is 75.4 Å². The normalized spacial score (nSPS) is 24.7. The number of aromatic nitrogens is 1. The molecule has 0 unspecified atom stereocenters. The van der Waals surface area contributed by atoms with Crippen molar-refractivity contribution in [3.63, 3.8) is 0 Å². The Kier molecular flexibility index (Phi) is 4.33. The molecule has 7 heteroatoms. The molecule has 2 aromatic heterocycles. The van der Waals surface area contributed by atoms with Gasteiger partial charge in [-0.15, -0.1) is 11.3 Å². The fourth-order valence-corrected chi connectivity index (χ4v) is 5.03. The maximum Gasteiger partial charge on any atom is 0.264 e. The fraction of sp³-hybridized carbons (Fsp3) is 0.500. The van der Waals surface area contributed by atoms with Gasteiger partial charge in [-0.05, 0) is 49.1 Å². The van der Waals surface area contributed by atoms with Gasteiger partial charge >= 0.3 is 0 Å². The van der Waals surface area contributed by atoms with E-state index in [9.17, 15) is 9.59 Å². The summed E-state index contributed by atoms with van der Waals surface area (Å²) in [4.78, 5) is 27.9. The first-order valence-electron chi connectivity index (χ1n) is 8.66. The molecule has 1 N–H and O–H groups in total. The minimum atomic E-state index is -0.0522. The number of hydrogen-bond donors (Lipinski definition) is 1. The van der Waals surface area contributed by atoms with E-state index in [4.69, 9.17) is 4.52 Å². The van der Waals surface area contributed by atoms with Crippen LogP contribution < -0.4 is 5.32 Å².